The molecule has 5 nitrogen and oxygen atoms in total. The predicted octanol–water partition coefficient (Wildman–Crippen LogP) is 7.25. The van der Waals surface area contributed by atoms with Gasteiger partial charge in [0.05, 0.1) is 15.9 Å². The van der Waals surface area contributed by atoms with E-state index in [0.29, 0.717) is 38.0 Å². The van der Waals surface area contributed by atoms with E-state index in [1.165, 1.54) is 0 Å². The first-order chi connectivity index (χ1) is 16.3. The Hall–Kier alpha value is -2.58. The molecule has 0 aliphatic carbocycles. The number of amides is 2. The lowest BCUT2D eigenvalue weighted by atomic mass is 10.1. The van der Waals surface area contributed by atoms with Gasteiger partial charge in [-0.05, 0) is 93.4 Å². The van der Waals surface area contributed by atoms with E-state index in [-0.39, 0.29) is 17.2 Å². The van der Waals surface area contributed by atoms with Crippen LogP contribution in [0.4, 0.5) is 4.79 Å². The summed E-state index contributed by atoms with van der Waals surface area (Å²) in [4.78, 5) is 38.8. The highest BCUT2D eigenvalue weighted by atomic mass is 79.9. The molecule has 1 saturated heterocycles. The van der Waals surface area contributed by atoms with Crippen LogP contribution in [0.5, 0.6) is 5.75 Å². The van der Waals surface area contributed by atoms with Gasteiger partial charge in [0, 0.05) is 15.6 Å². The number of hydrogen-bond donors (Lipinski definition) is 0. The maximum absolute atomic E-state index is 12.8. The molecule has 1 aliphatic heterocycles. The SMILES string of the molecule is O=C(CN1C(=O)S/C(=C/c2ccc(OCc3ccc(Cl)cc3)c(Br)c2)C1=O)c1ccc(Cl)cc1. The Kier molecular flexibility index (Phi) is 7.78. The fraction of sp³-hybridized carbons (Fsp3) is 0.0800. The Balaban J connectivity index is 1.43. The number of hydrogen-bond acceptors (Lipinski definition) is 5. The number of rotatable bonds is 7. The van der Waals surface area contributed by atoms with Crippen molar-refractivity contribution in [2.45, 2.75) is 6.61 Å². The second-order valence-electron chi connectivity index (χ2n) is 7.30. The van der Waals surface area contributed by atoms with E-state index in [9.17, 15) is 14.4 Å². The molecule has 0 radical (unpaired) electrons. The smallest absolute Gasteiger partial charge is 0.293 e. The maximum Gasteiger partial charge on any atom is 0.293 e. The van der Waals surface area contributed by atoms with Crippen LogP contribution in [-0.2, 0) is 11.4 Å². The van der Waals surface area contributed by atoms with E-state index < -0.39 is 11.1 Å². The van der Waals surface area contributed by atoms with Crippen molar-refractivity contribution in [1.82, 2.24) is 4.90 Å². The molecule has 4 rings (SSSR count). The summed E-state index contributed by atoms with van der Waals surface area (Å²) in [5.74, 6) is -0.213. The molecule has 172 valence electrons. The lowest BCUT2D eigenvalue weighted by Gasteiger charge is -2.11. The van der Waals surface area contributed by atoms with Crippen LogP contribution in [0.15, 0.2) is 76.1 Å². The van der Waals surface area contributed by atoms with Gasteiger partial charge in [-0.3, -0.25) is 19.3 Å². The highest BCUT2D eigenvalue weighted by Crippen LogP contribution is 2.34. The van der Waals surface area contributed by atoms with Crippen molar-refractivity contribution in [2.24, 2.45) is 0 Å². The number of Topliss-reactive ketones (excluding diaryl/α,β-unsaturated/α-hetero) is 1. The number of benzene rings is 3. The Morgan fingerprint density at radius 2 is 1.62 bits per heavy atom. The van der Waals surface area contributed by atoms with E-state index in [2.05, 4.69) is 15.9 Å². The quantitative estimate of drug-likeness (QED) is 0.219. The van der Waals surface area contributed by atoms with Crippen LogP contribution in [0, 0.1) is 0 Å². The van der Waals surface area contributed by atoms with E-state index in [4.69, 9.17) is 27.9 Å². The van der Waals surface area contributed by atoms with Gasteiger partial charge in [-0.15, -0.1) is 0 Å². The topological polar surface area (TPSA) is 63.7 Å². The summed E-state index contributed by atoms with van der Waals surface area (Å²) >= 11 is 16.0. The number of halogens is 3. The van der Waals surface area contributed by atoms with Crippen molar-refractivity contribution >= 4 is 73.9 Å². The van der Waals surface area contributed by atoms with E-state index in [0.717, 1.165) is 22.2 Å². The Morgan fingerprint density at radius 1 is 0.971 bits per heavy atom. The molecule has 3 aromatic carbocycles. The number of ketones is 1. The molecule has 0 aromatic heterocycles. The minimum Gasteiger partial charge on any atom is -0.488 e. The monoisotopic (exact) mass is 575 g/mol. The largest absolute Gasteiger partial charge is 0.488 e. The number of thioether (sulfide) groups is 1. The van der Waals surface area contributed by atoms with E-state index in [1.807, 2.05) is 12.1 Å². The number of carbonyl (C=O) groups excluding carboxylic acids is 3. The average Bonchev–Trinajstić information content (AvgIpc) is 3.07. The Bertz CT molecular complexity index is 1290. The standard InChI is InChI=1S/C25H16BrCl2NO4S/c26-20-11-16(3-10-22(20)33-14-15-1-6-18(27)7-2-15)12-23-24(31)29(25(32)34-23)13-21(30)17-4-8-19(28)9-5-17/h1-12H,13-14H2/b23-12+. The molecule has 0 N–H and O–H groups in total. The van der Waals surface area contributed by atoms with Crippen molar-refractivity contribution in [1.29, 1.82) is 0 Å². The van der Waals surface area contributed by atoms with Crippen LogP contribution in [-0.4, -0.2) is 28.4 Å². The van der Waals surface area contributed by atoms with Gasteiger partial charge in [0.15, 0.2) is 5.78 Å². The molecule has 1 aliphatic rings. The average molecular weight is 577 g/mol. The van der Waals surface area contributed by atoms with Crippen molar-refractivity contribution in [3.8, 4) is 5.75 Å². The van der Waals surface area contributed by atoms with Gasteiger partial charge in [0.1, 0.15) is 12.4 Å². The van der Waals surface area contributed by atoms with Crippen molar-refractivity contribution < 1.29 is 19.1 Å². The number of nitrogens with zero attached hydrogens (tertiary/aromatic N) is 1. The van der Waals surface area contributed by atoms with Gasteiger partial charge in [-0.1, -0.05) is 41.4 Å². The molecule has 3 aromatic rings. The van der Waals surface area contributed by atoms with E-state index in [1.54, 1.807) is 60.7 Å². The third-order valence-electron chi connectivity index (χ3n) is 4.90. The molecular formula is C25H16BrCl2NO4S. The number of imide groups is 1. The molecule has 0 bridgehead atoms. The molecule has 9 heteroatoms. The molecule has 1 heterocycles. The van der Waals surface area contributed by atoms with Crippen molar-refractivity contribution in [3.05, 3.63) is 103 Å². The summed E-state index contributed by atoms with van der Waals surface area (Å²) in [5.41, 5.74) is 2.06. The summed E-state index contributed by atoms with van der Waals surface area (Å²) in [6, 6.07) is 19.0. The first kappa shape index (κ1) is 24.5. The molecule has 0 spiro atoms. The van der Waals surface area contributed by atoms with Crippen LogP contribution in [0.2, 0.25) is 10.0 Å². The lowest BCUT2D eigenvalue weighted by molar-refractivity contribution is -0.122. The normalized spacial score (nSPS) is 14.7. The third-order valence-corrected chi connectivity index (χ3v) is 6.93. The van der Waals surface area contributed by atoms with Crippen LogP contribution >= 0.6 is 50.9 Å². The van der Waals surface area contributed by atoms with Gasteiger partial charge in [0.2, 0.25) is 0 Å². The second kappa shape index (κ2) is 10.8. The predicted molar refractivity (Wildman–Crippen MR) is 138 cm³/mol. The first-order valence-corrected chi connectivity index (χ1v) is 12.4. The zero-order valence-corrected chi connectivity index (χ0v) is 21.4. The molecule has 0 saturated carbocycles. The van der Waals surface area contributed by atoms with Gasteiger partial charge in [-0.25, -0.2) is 0 Å². The lowest BCUT2D eigenvalue weighted by Crippen LogP contribution is -2.33. The summed E-state index contributed by atoms with van der Waals surface area (Å²) < 4.78 is 6.55. The van der Waals surface area contributed by atoms with Gasteiger partial charge < -0.3 is 4.74 Å². The summed E-state index contributed by atoms with van der Waals surface area (Å²) in [6.07, 6.45) is 1.62. The zero-order valence-electron chi connectivity index (χ0n) is 17.5. The molecule has 34 heavy (non-hydrogen) atoms. The zero-order chi connectivity index (χ0) is 24.2. The third kappa shape index (κ3) is 5.91. The van der Waals surface area contributed by atoms with Gasteiger partial charge in [0.25, 0.3) is 11.1 Å². The van der Waals surface area contributed by atoms with Crippen LogP contribution in [0.1, 0.15) is 21.5 Å². The molecular weight excluding hydrogens is 561 g/mol. The summed E-state index contributed by atoms with van der Waals surface area (Å²) in [6.45, 7) is 0.0421. The highest BCUT2D eigenvalue weighted by molar-refractivity contribution is 9.10. The fourth-order valence-corrected chi connectivity index (χ4v) is 4.73. The minimum absolute atomic E-state index is 0.246. The summed E-state index contributed by atoms with van der Waals surface area (Å²) in [7, 11) is 0. The maximum atomic E-state index is 12.8. The molecule has 0 unspecified atom stereocenters. The highest BCUT2D eigenvalue weighted by Gasteiger charge is 2.36. The summed E-state index contributed by atoms with van der Waals surface area (Å²) in [5, 5.41) is 0.673. The van der Waals surface area contributed by atoms with Gasteiger partial charge in [-0.2, -0.15) is 0 Å². The van der Waals surface area contributed by atoms with Crippen molar-refractivity contribution in [2.75, 3.05) is 6.54 Å². The molecule has 0 atom stereocenters. The number of ether oxygens (including phenoxy) is 1. The van der Waals surface area contributed by atoms with E-state index >= 15 is 0 Å². The molecule has 2 amide bonds. The second-order valence-corrected chi connectivity index (χ2v) is 10.0. The fourth-order valence-electron chi connectivity index (χ4n) is 3.12. The van der Waals surface area contributed by atoms with Crippen molar-refractivity contribution in [3.63, 3.8) is 0 Å². The Labute approximate surface area is 218 Å². The molecule has 1 fully saturated rings. The first-order valence-electron chi connectivity index (χ1n) is 10.0. The minimum atomic E-state index is -0.503. The van der Waals surface area contributed by atoms with Crippen LogP contribution in [0.25, 0.3) is 6.08 Å². The Morgan fingerprint density at radius 3 is 2.26 bits per heavy atom. The van der Waals surface area contributed by atoms with Crippen LogP contribution < -0.4 is 4.74 Å². The number of carbonyl (C=O) groups is 3. The van der Waals surface area contributed by atoms with Gasteiger partial charge >= 0.3 is 0 Å². The van der Waals surface area contributed by atoms with Crippen LogP contribution in [0.3, 0.4) is 0 Å².